The van der Waals surface area contributed by atoms with E-state index in [2.05, 4.69) is 20.6 Å². The average molecular weight is 376 g/mol. The van der Waals surface area contributed by atoms with E-state index in [1.807, 2.05) is 19.0 Å². The highest BCUT2D eigenvalue weighted by molar-refractivity contribution is 6.02. The second-order valence-electron chi connectivity index (χ2n) is 6.06. The summed E-state index contributed by atoms with van der Waals surface area (Å²) in [6.45, 7) is 0.528. The Kier molecular flexibility index (Phi) is 5.46. The maximum absolute atomic E-state index is 13.5. The molecule has 3 rings (SSSR count). The van der Waals surface area contributed by atoms with Gasteiger partial charge in [0.25, 0.3) is 5.91 Å². The van der Waals surface area contributed by atoms with Gasteiger partial charge in [0.2, 0.25) is 0 Å². The van der Waals surface area contributed by atoms with E-state index >= 15 is 0 Å². The second kappa shape index (κ2) is 7.96. The zero-order valence-electron chi connectivity index (χ0n) is 14.7. The van der Waals surface area contributed by atoms with Gasteiger partial charge in [0.05, 0.1) is 5.69 Å². The number of nitrogens with one attached hydrogen (secondary N) is 2. The standard InChI is InChI=1S/C17H18F2N6O2/c1-24(2)9-12-8-16(22-21-12)20-17(26)14-5-6-25(23-14)10-27-15-4-3-11(18)7-13(15)19/h3-8H,9-10H2,1-2H3,(H2,20,21,22,26). The smallest absolute Gasteiger partial charge is 0.277 e. The fraction of sp³-hybridized carbons (Fsp3) is 0.235. The van der Waals surface area contributed by atoms with Gasteiger partial charge in [0.1, 0.15) is 5.82 Å². The van der Waals surface area contributed by atoms with Crippen molar-refractivity contribution in [1.82, 2.24) is 24.9 Å². The summed E-state index contributed by atoms with van der Waals surface area (Å²) in [6, 6.07) is 6.23. The van der Waals surface area contributed by atoms with Crippen LogP contribution in [0, 0.1) is 11.6 Å². The number of carbonyl (C=O) groups is 1. The van der Waals surface area contributed by atoms with E-state index in [4.69, 9.17) is 4.74 Å². The van der Waals surface area contributed by atoms with Crippen LogP contribution in [0.1, 0.15) is 16.2 Å². The highest BCUT2D eigenvalue weighted by Gasteiger charge is 2.13. The van der Waals surface area contributed by atoms with Crippen molar-refractivity contribution in [3.05, 3.63) is 59.6 Å². The molecule has 0 aliphatic carbocycles. The predicted octanol–water partition coefficient (Wildman–Crippen LogP) is 2.23. The van der Waals surface area contributed by atoms with Crippen molar-refractivity contribution >= 4 is 11.7 Å². The van der Waals surface area contributed by atoms with Gasteiger partial charge in [-0.15, -0.1) is 0 Å². The minimum absolute atomic E-state index is 0.108. The van der Waals surface area contributed by atoms with Crippen LogP contribution in [0.3, 0.4) is 0 Å². The Bertz CT molecular complexity index is 937. The fourth-order valence-electron chi connectivity index (χ4n) is 2.31. The van der Waals surface area contributed by atoms with Gasteiger partial charge in [0.15, 0.2) is 29.8 Å². The number of anilines is 1. The van der Waals surface area contributed by atoms with E-state index < -0.39 is 17.5 Å². The van der Waals surface area contributed by atoms with Gasteiger partial charge in [0, 0.05) is 24.9 Å². The van der Waals surface area contributed by atoms with Gasteiger partial charge in [-0.05, 0) is 32.3 Å². The molecule has 0 fully saturated rings. The van der Waals surface area contributed by atoms with Crippen molar-refractivity contribution in [1.29, 1.82) is 0 Å². The number of halogens is 2. The number of ether oxygens (including phenoxy) is 1. The molecule has 1 aromatic carbocycles. The molecule has 0 saturated carbocycles. The quantitative estimate of drug-likeness (QED) is 0.660. The van der Waals surface area contributed by atoms with Crippen molar-refractivity contribution < 1.29 is 18.3 Å². The summed E-state index contributed by atoms with van der Waals surface area (Å²) in [5, 5.41) is 13.5. The molecule has 0 aliphatic rings. The first kappa shape index (κ1) is 18.5. The Morgan fingerprint density at radius 2 is 2.11 bits per heavy atom. The van der Waals surface area contributed by atoms with Crippen LogP contribution in [0.2, 0.25) is 0 Å². The number of rotatable bonds is 7. The molecule has 1 amide bonds. The third-order valence-electron chi connectivity index (χ3n) is 3.48. The second-order valence-corrected chi connectivity index (χ2v) is 6.06. The van der Waals surface area contributed by atoms with Gasteiger partial charge in [-0.3, -0.25) is 9.89 Å². The third kappa shape index (κ3) is 4.88. The summed E-state index contributed by atoms with van der Waals surface area (Å²) in [6.07, 6.45) is 1.51. The summed E-state index contributed by atoms with van der Waals surface area (Å²) >= 11 is 0. The van der Waals surface area contributed by atoms with Gasteiger partial charge >= 0.3 is 0 Å². The molecular weight excluding hydrogens is 358 g/mol. The molecule has 3 aromatic rings. The summed E-state index contributed by atoms with van der Waals surface area (Å²) in [4.78, 5) is 14.2. The molecule has 0 bridgehead atoms. The Morgan fingerprint density at radius 3 is 2.85 bits per heavy atom. The number of amides is 1. The molecule has 0 spiro atoms. The van der Waals surface area contributed by atoms with Crippen molar-refractivity contribution in [3.63, 3.8) is 0 Å². The van der Waals surface area contributed by atoms with E-state index in [9.17, 15) is 13.6 Å². The summed E-state index contributed by atoms with van der Waals surface area (Å²) in [5.74, 6) is -1.67. The van der Waals surface area contributed by atoms with Crippen molar-refractivity contribution in [2.75, 3.05) is 19.4 Å². The third-order valence-corrected chi connectivity index (χ3v) is 3.48. The largest absolute Gasteiger partial charge is 0.468 e. The van der Waals surface area contributed by atoms with Crippen molar-refractivity contribution in [2.24, 2.45) is 0 Å². The van der Waals surface area contributed by atoms with E-state index in [0.717, 1.165) is 17.8 Å². The lowest BCUT2D eigenvalue weighted by Crippen LogP contribution is -2.14. The Balaban J connectivity index is 1.58. The Labute approximate surface area is 153 Å². The maximum Gasteiger partial charge on any atom is 0.277 e. The monoisotopic (exact) mass is 376 g/mol. The lowest BCUT2D eigenvalue weighted by atomic mass is 10.3. The van der Waals surface area contributed by atoms with Crippen molar-refractivity contribution in [3.8, 4) is 5.75 Å². The molecule has 8 nitrogen and oxygen atoms in total. The van der Waals surface area contributed by atoms with E-state index in [-0.39, 0.29) is 18.2 Å². The van der Waals surface area contributed by atoms with Gasteiger partial charge < -0.3 is 15.0 Å². The average Bonchev–Trinajstić information content (AvgIpc) is 3.23. The first-order chi connectivity index (χ1) is 12.9. The number of hydrogen-bond donors (Lipinski definition) is 2. The lowest BCUT2D eigenvalue weighted by molar-refractivity contribution is 0.101. The number of carbonyl (C=O) groups excluding carboxylic acids is 1. The van der Waals surface area contributed by atoms with E-state index in [1.165, 1.54) is 23.0 Å². The summed E-state index contributed by atoms with van der Waals surface area (Å²) < 4.78 is 33.0. The number of nitrogens with zero attached hydrogens (tertiary/aromatic N) is 4. The number of benzene rings is 1. The Morgan fingerprint density at radius 1 is 1.30 bits per heavy atom. The number of aromatic nitrogens is 4. The minimum Gasteiger partial charge on any atom is -0.468 e. The molecule has 2 heterocycles. The zero-order valence-corrected chi connectivity index (χ0v) is 14.7. The van der Waals surface area contributed by atoms with Crippen LogP contribution in [0.25, 0.3) is 0 Å². The topological polar surface area (TPSA) is 88.1 Å². The van der Waals surface area contributed by atoms with Gasteiger partial charge in [-0.2, -0.15) is 10.2 Å². The maximum atomic E-state index is 13.5. The summed E-state index contributed by atoms with van der Waals surface area (Å²) in [5.41, 5.74) is 1.01. The van der Waals surface area contributed by atoms with Gasteiger partial charge in [-0.1, -0.05) is 0 Å². The van der Waals surface area contributed by atoms with Crippen molar-refractivity contribution in [2.45, 2.75) is 13.3 Å². The molecule has 0 unspecified atom stereocenters. The molecule has 0 saturated heterocycles. The van der Waals surface area contributed by atoms with Crippen LogP contribution in [0.5, 0.6) is 5.75 Å². The number of aromatic amines is 1. The Hall–Kier alpha value is -3.27. The van der Waals surface area contributed by atoms with Gasteiger partial charge in [-0.25, -0.2) is 13.5 Å². The molecule has 2 N–H and O–H groups in total. The SMILES string of the molecule is CN(C)Cc1cc(NC(=O)c2ccn(COc3ccc(F)cc3F)n2)n[nH]1. The first-order valence-corrected chi connectivity index (χ1v) is 8.02. The molecule has 0 aliphatic heterocycles. The van der Waals surface area contributed by atoms with Crippen LogP contribution in [0.4, 0.5) is 14.6 Å². The zero-order chi connectivity index (χ0) is 19.4. The molecule has 2 aromatic heterocycles. The molecule has 10 heteroatoms. The fourth-order valence-corrected chi connectivity index (χ4v) is 2.31. The van der Waals surface area contributed by atoms with E-state index in [0.29, 0.717) is 12.4 Å². The highest BCUT2D eigenvalue weighted by Crippen LogP contribution is 2.18. The van der Waals surface area contributed by atoms with Crippen LogP contribution >= 0.6 is 0 Å². The minimum atomic E-state index is -0.813. The van der Waals surface area contributed by atoms with Crippen LogP contribution in [-0.4, -0.2) is 44.9 Å². The molecule has 142 valence electrons. The predicted molar refractivity (Wildman–Crippen MR) is 93.1 cm³/mol. The number of hydrogen-bond acceptors (Lipinski definition) is 5. The number of H-pyrrole nitrogens is 1. The van der Waals surface area contributed by atoms with E-state index in [1.54, 1.807) is 6.07 Å². The first-order valence-electron chi connectivity index (χ1n) is 8.02. The normalized spacial score (nSPS) is 11.0. The van der Waals surface area contributed by atoms with Crippen LogP contribution in [-0.2, 0) is 13.3 Å². The van der Waals surface area contributed by atoms with Crippen LogP contribution < -0.4 is 10.1 Å². The molecular formula is C17H18F2N6O2. The molecule has 0 atom stereocenters. The molecule has 27 heavy (non-hydrogen) atoms. The highest BCUT2D eigenvalue weighted by atomic mass is 19.1. The summed E-state index contributed by atoms with van der Waals surface area (Å²) in [7, 11) is 3.84. The molecule has 0 radical (unpaired) electrons. The lowest BCUT2D eigenvalue weighted by Gasteiger charge is -2.07. The van der Waals surface area contributed by atoms with Crippen LogP contribution in [0.15, 0.2) is 36.5 Å².